The minimum atomic E-state index is -0.560. The van der Waals surface area contributed by atoms with Crippen LogP contribution in [0, 0.1) is 18.3 Å². The summed E-state index contributed by atoms with van der Waals surface area (Å²) in [6.45, 7) is 8.79. The van der Waals surface area contributed by atoms with Gasteiger partial charge >= 0.3 is 5.97 Å². The maximum atomic E-state index is 13.2. The number of carbonyl (C=O) groups is 2. The molecule has 2 aliphatic rings. The van der Waals surface area contributed by atoms with Crippen LogP contribution in [0.5, 0.6) is 0 Å². The second-order valence-electron chi connectivity index (χ2n) is 8.41. The first-order valence-corrected chi connectivity index (χ1v) is 10.1. The number of Topliss-reactive ketones (excluding diaryl/α,β-unsaturated/α-hetero) is 1. The van der Waals surface area contributed by atoms with Crippen molar-refractivity contribution < 1.29 is 23.5 Å². The Labute approximate surface area is 171 Å². The number of aryl methyl sites for hydroxylation is 1. The van der Waals surface area contributed by atoms with E-state index in [0.29, 0.717) is 43.0 Å². The molecule has 0 radical (unpaired) electrons. The Morgan fingerprint density at radius 3 is 2.69 bits per heavy atom. The number of hydrogen-bond donors (Lipinski definition) is 1. The first kappa shape index (κ1) is 21.5. The van der Waals surface area contributed by atoms with Gasteiger partial charge in [0.05, 0.1) is 42.9 Å². The lowest BCUT2D eigenvalue weighted by molar-refractivity contribution is -0.139. The van der Waals surface area contributed by atoms with E-state index in [2.05, 4.69) is 13.8 Å². The minimum Gasteiger partial charge on any atom is -0.466 e. The number of esters is 1. The standard InChI is InChI=1S/C22H30N2O5/c1-5-28-21(26)19-15(12-27-9-8-23)24-14-10-22(3,4)11-16(25)18(14)20(19)17-7-6-13(2)29-17/h6-7,18,20H,5,8-12,23H2,1-4H3. The van der Waals surface area contributed by atoms with Crippen LogP contribution in [0.3, 0.4) is 0 Å². The van der Waals surface area contributed by atoms with E-state index in [-0.39, 0.29) is 24.4 Å². The Morgan fingerprint density at radius 1 is 1.31 bits per heavy atom. The van der Waals surface area contributed by atoms with E-state index < -0.39 is 17.8 Å². The molecule has 0 bridgehead atoms. The maximum absolute atomic E-state index is 13.2. The third-order valence-corrected chi connectivity index (χ3v) is 5.32. The van der Waals surface area contributed by atoms with E-state index >= 15 is 0 Å². The van der Waals surface area contributed by atoms with Crippen LogP contribution in [0.2, 0.25) is 0 Å². The molecule has 0 spiro atoms. The van der Waals surface area contributed by atoms with Crippen molar-refractivity contribution in [2.75, 3.05) is 26.4 Å². The summed E-state index contributed by atoms with van der Waals surface area (Å²) in [7, 11) is 0. The van der Waals surface area contributed by atoms with Crippen LogP contribution in [-0.4, -0.2) is 43.8 Å². The Kier molecular flexibility index (Phi) is 6.39. The molecule has 29 heavy (non-hydrogen) atoms. The van der Waals surface area contributed by atoms with Gasteiger partial charge in [-0.3, -0.25) is 9.79 Å². The topological polar surface area (TPSA) is 104 Å². The Hall–Kier alpha value is -2.25. The number of nitrogens with zero attached hydrogens (tertiary/aromatic N) is 1. The number of fused-ring (bicyclic) bond motifs is 1. The zero-order valence-corrected chi connectivity index (χ0v) is 17.6. The molecular formula is C22H30N2O5. The molecule has 1 aromatic rings. The van der Waals surface area contributed by atoms with E-state index in [1.165, 1.54) is 0 Å². The Bertz CT molecular complexity index is 849. The zero-order valence-electron chi connectivity index (χ0n) is 17.6. The summed E-state index contributed by atoms with van der Waals surface area (Å²) in [6, 6.07) is 3.67. The number of hydrogen-bond acceptors (Lipinski definition) is 7. The summed E-state index contributed by atoms with van der Waals surface area (Å²) < 4.78 is 16.8. The van der Waals surface area contributed by atoms with Gasteiger partial charge in [-0.2, -0.15) is 0 Å². The van der Waals surface area contributed by atoms with Gasteiger partial charge in [0.2, 0.25) is 0 Å². The van der Waals surface area contributed by atoms with Crippen molar-refractivity contribution in [1.82, 2.24) is 0 Å². The van der Waals surface area contributed by atoms with Gasteiger partial charge in [0.15, 0.2) is 0 Å². The molecule has 0 saturated heterocycles. The highest BCUT2D eigenvalue weighted by atomic mass is 16.5. The normalized spacial score (nSPS) is 23.6. The van der Waals surface area contributed by atoms with Crippen LogP contribution in [0.4, 0.5) is 0 Å². The van der Waals surface area contributed by atoms with Gasteiger partial charge in [0, 0.05) is 18.7 Å². The van der Waals surface area contributed by atoms with Crippen LogP contribution >= 0.6 is 0 Å². The molecule has 7 heteroatoms. The van der Waals surface area contributed by atoms with Crippen molar-refractivity contribution in [3.8, 4) is 0 Å². The highest BCUT2D eigenvalue weighted by molar-refractivity contribution is 6.12. The molecule has 1 aliphatic carbocycles. The van der Waals surface area contributed by atoms with E-state index in [4.69, 9.17) is 24.6 Å². The molecular weight excluding hydrogens is 372 g/mol. The maximum Gasteiger partial charge on any atom is 0.336 e. The highest BCUT2D eigenvalue weighted by Crippen LogP contribution is 2.47. The lowest BCUT2D eigenvalue weighted by atomic mass is 9.64. The molecule has 0 aromatic carbocycles. The lowest BCUT2D eigenvalue weighted by Gasteiger charge is -2.40. The van der Waals surface area contributed by atoms with Crippen LogP contribution in [0.25, 0.3) is 0 Å². The van der Waals surface area contributed by atoms with Crippen molar-refractivity contribution in [3.05, 3.63) is 34.9 Å². The van der Waals surface area contributed by atoms with E-state index in [1.807, 2.05) is 19.1 Å². The van der Waals surface area contributed by atoms with Crippen molar-refractivity contribution in [2.45, 2.75) is 46.5 Å². The molecule has 0 amide bonds. The monoisotopic (exact) mass is 402 g/mol. The predicted molar refractivity (Wildman–Crippen MR) is 109 cm³/mol. The number of nitrogens with two attached hydrogens (primary N) is 1. The van der Waals surface area contributed by atoms with E-state index in [9.17, 15) is 9.59 Å². The fourth-order valence-corrected chi connectivity index (χ4v) is 4.24. The van der Waals surface area contributed by atoms with Crippen LogP contribution < -0.4 is 5.73 Å². The van der Waals surface area contributed by atoms with Crippen LogP contribution in [0.1, 0.15) is 51.1 Å². The van der Waals surface area contributed by atoms with Gasteiger partial charge in [-0.25, -0.2) is 4.79 Å². The summed E-state index contributed by atoms with van der Waals surface area (Å²) >= 11 is 0. The number of rotatable bonds is 7. The molecule has 2 unspecified atom stereocenters. The van der Waals surface area contributed by atoms with E-state index in [1.54, 1.807) is 6.92 Å². The molecule has 2 heterocycles. The minimum absolute atomic E-state index is 0.0720. The van der Waals surface area contributed by atoms with Crippen LogP contribution in [0.15, 0.2) is 32.8 Å². The average molecular weight is 402 g/mol. The first-order chi connectivity index (χ1) is 13.8. The van der Waals surface area contributed by atoms with Crippen LogP contribution in [-0.2, 0) is 19.1 Å². The summed E-state index contributed by atoms with van der Waals surface area (Å²) in [6.07, 6.45) is 1.11. The van der Waals surface area contributed by atoms with Crippen molar-refractivity contribution in [1.29, 1.82) is 0 Å². The number of ketones is 1. The van der Waals surface area contributed by atoms with E-state index in [0.717, 1.165) is 11.5 Å². The second kappa shape index (κ2) is 8.63. The Morgan fingerprint density at radius 2 is 2.07 bits per heavy atom. The second-order valence-corrected chi connectivity index (χ2v) is 8.41. The smallest absolute Gasteiger partial charge is 0.336 e. The van der Waals surface area contributed by atoms with Gasteiger partial charge in [-0.15, -0.1) is 0 Å². The van der Waals surface area contributed by atoms with Gasteiger partial charge in [-0.1, -0.05) is 13.8 Å². The number of furan rings is 1. The molecule has 1 fully saturated rings. The third-order valence-electron chi connectivity index (χ3n) is 5.32. The molecule has 2 atom stereocenters. The first-order valence-electron chi connectivity index (χ1n) is 10.1. The molecule has 1 saturated carbocycles. The SMILES string of the molecule is CCOC(=O)C1=C(COCCN)N=C2CC(C)(C)CC(=O)C2C1c1ccc(C)o1. The number of carbonyl (C=O) groups excluding carboxylic acids is 2. The van der Waals surface area contributed by atoms with Gasteiger partial charge in [0.1, 0.15) is 17.3 Å². The molecule has 1 aromatic heterocycles. The molecule has 1 aliphatic heterocycles. The molecule has 7 nitrogen and oxygen atoms in total. The fourth-order valence-electron chi connectivity index (χ4n) is 4.24. The largest absolute Gasteiger partial charge is 0.466 e. The third kappa shape index (κ3) is 4.51. The number of ether oxygens (including phenoxy) is 2. The summed E-state index contributed by atoms with van der Waals surface area (Å²) in [4.78, 5) is 30.9. The summed E-state index contributed by atoms with van der Waals surface area (Å²) in [5.41, 5.74) is 6.98. The predicted octanol–water partition coefficient (Wildman–Crippen LogP) is 2.92. The van der Waals surface area contributed by atoms with Crippen molar-refractivity contribution in [3.63, 3.8) is 0 Å². The average Bonchev–Trinajstić information content (AvgIpc) is 3.06. The molecule has 3 rings (SSSR count). The highest BCUT2D eigenvalue weighted by Gasteiger charge is 2.49. The molecule has 158 valence electrons. The van der Waals surface area contributed by atoms with Crippen molar-refractivity contribution in [2.24, 2.45) is 22.1 Å². The van der Waals surface area contributed by atoms with Gasteiger partial charge < -0.3 is 19.6 Å². The van der Waals surface area contributed by atoms with Gasteiger partial charge in [0.25, 0.3) is 0 Å². The lowest BCUT2D eigenvalue weighted by Crippen LogP contribution is -2.44. The fraction of sp³-hybridized carbons (Fsp3) is 0.591. The summed E-state index contributed by atoms with van der Waals surface area (Å²) in [5, 5.41) is 0. The number of aliphatic imine (C=N–C) groups is 1. The van der Waals surface area contributed by atoms with Crippen molar-refractivity contribution >= 4 is 17.5 Å². The molecule has 2 N–H and O–H groups in total. The van der Waals surface area contributed by atoms with Gasteiger partial charge in [-0.05, 0) is 37.8 Å². The summed E-state index contributed by atoms with van der Waals surface area (Å²) in [5.74, 6) is -0.202. The quantitative estimate of drug-likeness (QED) is 0.555. The Balaban J connectivity index is 2.15. The zero-order chi connectivity index (χ0) is 21.2.